The maximum Gasteiger partial charge on any atom is 0.410 e. The summed E-state index contributed by atoms with van der Waals surface area (Å²) in [5.74, 6) is -2.05. The summed E-state index contributed by atoms with van der Waals surface area (Å²) in [5.41, 5.74) is 0.677. The maximum atomic E-state index is 14.2. The van der Waals surface area contributed by atoms with Crippen LogP contribution in [0, 0.1) is 11.6 Å². The van der Waals surface area contributed by atoms with E-state index in [0.717, 1.165) is 18.4 Å². The third-order valence-electron chi connectivity index (χ3n) is 6.36. The van der Waals surface area contributed by atoms with Gasteiger partial charge in [0.05, 0.1) is 18.7 Å². The molecule has 2 fully saturated rings. The minimum Gasteiger partial charge on any atom is -0.444 e. The first-order chi connectivity index (χ1) is 17.1. The van der Waals surface area contributed by atoms with E-state index in [1.165, 1.54) is 17.0 Å². The summed E-state index contributed by atoms with van der Waals surface area (Å²) in [6.45, 7) is 7.43. The molecule has 0 radical (unpaired) electrons. The van der Waals surface area contributed by atoms with Crippen molar-refractivity contribution in [2.75, 3.05) is 33.4 Å². The Morgan fingerprint density at radius 3 is 2.58 bits per heavy atom. The van der Waals surface area contributed by atoms with Gasteiger partial charge in [-0.25, -0.2) is 13.6 Å². The van der Waals surface area contributed by atoms with Gasteiger partial charge >= 0.3 is 6.09 Å². The number of carbonyl (C=O) groups is 2. The molecule has 2 aliphatic rings. The van der Waals surface area contributed by atoms with Gasteiger partial charge in [0.2, 0.25) is 0 Å². The number of morpholine rings is 1. The molecule has 1 saturated heterocycles. The topological polar surface area (TPSA) is 73.2 Å². The lowest BCUT2D eigenvalue weighted by molar-refractivity contribution is -0.150. The first-order valence-electron chi connectivity index (χ1n) is 12.4. The third-order valence-corrected chi connectivity index (χ3v) is 6.36. The molecule has 0 unspecified atom stereocenters. The van der Waals surface area contributed by atoms with Crippen LogP contribution in [0.5, 0.6) is 0 Å². The smallest absolute Gasteiger partial charge is 0.410 e. The minimum absolute atomic E-state index is 0.0511. The first kappa shape index (κ1) is 26.3. The summed E-state index contributed by atoms with van der Waals surface area (Å²) in [7, 11) is 1.62. The Morgan fingerprint density at radius 2 is 1.92 bits per heavy atom. The average Bonchev–Trinajstić information content (AvgIpc) is 3.61. The lowest BCUT2D eigenvalue weighted by Crippen LogP contribution is -2.53. The van der Waals surface area contributed by atoms with Crippen LogP contribution in [0.4, 0.5) is 13.6 Å². The van der Waals surface area contributed by atoms with E-state index in [4.69, 9.17) is 14.2 Å². The highest BCUT2D eigenvalue weighted by Crippen LogP contribution is 2.33. The van der Waals surface area contributed by atoms with Gasteiger partial charge in [-0.15, -0.1) is 0 Å². The number of amides is 2. The first-order valence-corrected chi connectivity index (χ1v) is 12.4. The van der Waals surface area contributed by atoms with Gasteiger partial charge in [-0.3, -0.25) is 4.79 Å². The molecule has 2 aromatic rings. The van der Waals surface area contributed by atoms with Gasteiger partial charge in [-0.1, -0.05) is 0 Å². The lowest BCUT2D eigenvalue weighted by atomic mass is 10.1. The molecule has 8 nitrogen and oxygen atoms in total. The van der Waals surface area contributed by atoms with Gasteiger partial charge < -0.3 is 28.6 Å². The summed E-state index contributed by atoms with van der Waals surface area (Å²) in [6, 6.07) is 2.45. The average molecular weight is 508 g/mol. The second-order valence-electron chi connectivity index (χ2n) is 10.5. The SMILES string of the molecule is COCCCn1cc(CN(C(=O)[C@H]2CN(C(=O)OC(C)(C)C)CCO2)C2CC2)c2cc(F)c(F)cc21. The van der Waals surface area contributed by atoms with Crippen LogP contribution in [-0.4, -0.2) is 77.5 Å². The predicted molar refractivity (Wildman–Crippen MR) is 129 cm³/mol. The van der Waals surface area contributed by atoms with Crippen LogP contribution in [0.1, 0.15) is 45.6 Å². The Bertz CT molecular complexity index is 1110. The molecular weight excluding hydrogens is 472 g/mol. The molecule has 1 aromatic carbocycles. The number of aryl methyl sites for hydroxylation is 1. The Hall–Kier alpha value is -2.72. The normalized spacial score (nSPS) is 18.5. The number of carbonyl (C=O) groups excluding carboxylic acids is 2. The molecule has 0 spiro atoms. The second-order valence-corrected chi connectivity index (χ2v) is 10.5. The molecule has 1 atom stereocenters. The van der Waals surface area contributed by atoms with Crippen LogP contribution in [0.3, 0.4) is 0 Å². The van der Waals surface area contributed by atoms with Crippen LogP contribution in [0.25, 0.3) is 10.9 Å². The van der Waals surface area contributed by atoms with E-state index < -0.39 is 29.4 Å². The number of hydrogen-bond donors (Lipinski definition) is 0. The van der Waals surface area contributed by atoms with Crippen molar-refractivity contribution >= 4 is 22.9 Å². The zero-order chi connectivity index (χ0) is 26.0. The van der Waals surface area contributed by atoms with E-state index in [-0.39, 0.29) is 31.6 Å². The van der Waals surface area contributed by atoms with E-state index in [1.54, 1.807) is 32.8 Å². The standard InChI is InChI=1S/C26H35F2N3O5/c1-26(2,3)36-25(33)30-9-11-35-23(16-30)24(32)31(18-6-7-18)15-17-14-29(8-5-10-34-4)22-13-21(28)20(27)12-19(17)22/h12-14,18,23H,5-11,15-16H2,1-4H3/t23-/m1/s1. The van der Waals surface area contributed by atoms with Gasteiger partial charge in [-0.05, 0) is 51.7 Å². The molecule has 1 saturated carbocycles. The van der Waals surface area contributed by atoms with E-state index in [0.29, 0.717) is 37.0 Å². The molecule has 0 bridgehead atoms. The Labute approximate surface area is 210 Å². The number of methoxy groups -OCH3 is 1. The third kappa shape index (κ3) is 6.15. The van der Waals surface area contributed by atoms with E-state index in [2.05, 4.69) is 0 Å². The maximum absolute atomic E-state index is 14.2. The number of aromatic nitrogens is 1. The van der Waals surface area contributed by atoms with Gasteiger partial charge in [0.25, 0.3) is 5.91 Å². The van der Waals surface area contributed by atoms with E-state index in [9.17, 15) is 18.4 Å². The molecule has 198 valence electrons. The van der Waals surface area contributed by atoms with Crippen molar-refractivity contribution < 1.29 is 32.6 Å². The number of fused-ring (bicyclic) bond motifs is 1. The Kier molecular flexibility index (Phi) is 7.85. The van der Waals surface area contributed by atoms with Gasteiger partial charge in [0.1, 0.15) is 5.60 Å². The number of halogens is 2. The molecule has 2 heterocycles. The van der Waals surface area contributed by atoms with Gasteiger partial charge in [-0.2, -0.15) is 0 Å². The molecule has 1 aliphatic heterocycles. The molecule has 1 aliphatic carbocycles. The lowest BCUT2D eigenvalue weighted by Gasteiger charge is -2.35. The zero-order valence-electron chi connectivity index (χ0n) is 21.4. The number of hydrogen-bond acceptors (Lipinski definition) is 5. The number of nitrogens with zero attached hydrogens (tertiary/aromatic N) is 3. The van der Waals surface area contributed by atoms with Crippen LogP contribution in [-0.2, 0) is 32.1 Å². The van der Waals surface area contributed by atoms with Crippen molar-refractivity contribution in [2.24, 2.45) is 0 Å². The van der Waals surface area contributed by atoms with Crippen LogP contribution in [0.2, 0.25) is 0 Å². The highest BCUT2D eigenvalue weighted by Gasteiger charge is 2.39. The largest absolute Gasteiger partial charge is 0.444 e. The molecule has 0 N–H and O–H groups in total. The van der Waals surface area contributed by atoms with Crippen molar-refractivity contribution in [3.63, 3.8) is 0 Å². The second kappa shape index (κ2) is 10.7. The molecule has 4 rings (SSSR count). The predicted octanol–water partition coefficient (Wildman–Crippen LogP) is 4.08. The molecule has 2 amide bonds. The quantitative estimate of drug-likeness (QED) is 0.504. The fourth-order valence-corrected chi connectivity index (χ4v) is 4.48. The summed E-state index contributed by atoms with van der Waals surface area (Å²) in [4.78, 5) is 29.4. The van der Waals surface area contributed by atoms with Crippen LogP contribution < -0.4 is 0 Å². The fourth-order valence-electron chi connectivity index (χ4n) is 4.48. The van der Waals surface area contributed by atoms with Crippen LogP contribution >= 0.6 is 0 Å². The Morgan fingerprint density at radius 1 is 1.19 bits per heavy atom. The van der Waals surface area contributed by atoms with E-state index >= 15 is 0 Å². The van der Waals surface area contributed by atoms with E-state index in [1.807, 2.05) is 10.8 Å². The summed E-state index contributed by atoms with van der Waals surface area (Å²) >= 11 is 0. The Balaban J connectivity index is 1.54. The minimum atomic E-state index is -0.925. The van der Waals surface area contributed by atoms with Crippen molar-refractivity contribution in [3.8, 4) is 0 Å². The molecular formula is C26H35F2N3O5. The zero-order valence-corrected chi connectivity index (χ0v) is 21.4. The van der Waals surface area contributed by atoms with Crippen molar-refractivity contribution in [1.29, 1.82) is 0 Å². The van der Waals surface area contributed by atoms with Crippen molar-refractivity contribution in [3.05, 3.63) is 35.5 Å². The van der Waals surface area contributed by atoms with Gasteiger partial charge in [0.15, 0.2) is 17.7 Å². The number of ether oxygens (including phenoxy) is 3. The number of rotatable bonds is 8. The summed E-state index contributed by atoms with van der Waals surface area (Å²) in [6.07, 6.45) is 3.01. The van der Waals surface area contributed by atoms with Crippen molar-refractivity contribution in [1.82, 2.24) is 14.4 Å². The van der Waals surface area contributed by atoms with Crippen molar-refractivity contribution in [2.45, 2.75) is 70.9 Å². The highest BCUT2D eigenvalue weighted by atomic mass is 19.2. The molecule has 10 heteroatoms. The molecule has 36 heavy (non-hydrogen) atoms. The summed E-state index contributed by atoms with van der Waals surface area (Å²) in [5, 5.41) is 0.574. The van der Waals surface area contributed by atoms with Gasteiger partial charge in [0, 0.05) is 57.0 Å². The molecule has 1 aromatic heterocycles. The van der Waals surface area contributed by atoms with Crippen LogP contribution in [0.15, 0.2) is 18.3 Å². The number of benzene rings is 1. The monoisotopic (exact) mass is 507 g/mol. The summed E-state index contributed by atoms with van der Waals surface area (Å²) < 4.78 is 46.5. The fraction of sp³-hybridized carbons (Fsp3) is 0.615. The highest BCUT2D eigenvalue weighted by molar-refractivity contribution is 5.86.